The first-order valence-electron chi connectivity index (χ1n) is 9.07. The normalized spacial score (nSPS) is 14.9. The van der Waals surface area contributed by atoms with E-state index in [9.17, 15) is 4.79 Å². The highest BCUT2D eigenvalue weighted by Crippen LogP contribution is 2.28. The number of hydrogen-bond donors (Lipinski definition) is 0. The zero-order valence-electron chi connectivity index (χ0n) is 15.5. The van der Waals surface area contributed by atoms with Gasteiger partial charge in [0.05, 0.1) is 13.7 Å². The molecule has 1 saturated heterocycles. The predicted octanol–water partition coefficient (Wildman–Crippen LogP) is 3.05. The number of carbonyl (C=O) groups excluding carboxylic acids is 1. The highest BCUT2D eigenvalue weighted by molar-refractivity contribution is 5.95. The third-order valence-electron chi connectivity index (χ3n) is 4.62. The van der Waals surface area contributed by atoms with Crippen molar-refractivity contribution in [2.24, 2.45) is 0 Å². The number of carbonyl (C=O) groups is 1. The summed E-state index contributed by atoms with van der Waals surface area (Å²) < 4.78 is 10.9. The van der Waals surface area contributed by atoms with Crippen molar-refractivity contribution < 1.29 is 14.3 Å². The second-order valence-corrected chi connectivity index (χ2v) is 6.35. The molecule has 0 unspecified atom stereocenters. The second-order valence-electron chi connectivity index (χ2n) is 6.35. The van der Waals surface area contributed by atoms with Gasteiger partial charge in [-0.25, -0.2) is 0 Å². The van der Waals surface area contributed by atoms with Gasteiger partial charge in [-0.15, -0.1) is 0 Å². The van der Waals surface area contributed by atoms with Crippen LogP contribution in [0.2, 0.25) is 0 Å². The number of ether oxygens (including phenoxy) is 2. The lowest BCUT2D eigenvalue weighted by Gasteiger charge is -2.34. The smallest absolute Gasteiger partial charge is 0.254 e. The Morgan fingerprint density at radius 3 is 2.38 bits per heavy atom. The van der Waals surface area contributed by atoms with Crippen LogP contribution in [0.5, 0.6) is 11.5 Å². The minimum absolute atomic E-state index is 0.0490. The van der Waals surface area contributed by atoms with Crippen LogP contribution >= 0.6 is 0 Å². The minimum atomic E-state index is 0.0490. The lowest BCUT2D eigenvalue weighted by Crippen LogP contribution is -2.48. The molecule has 0 saturated carbocycles. The van der Waals surface area contributed by atoms with E-state index in [0.29, 0.717) is 23.7 Å². The lowest BCUT2D eigenvalue weighted by atomic mass is 10.1. The number of rotatable bonds is 6. The number of benzene rings is 2. The molecular weight excluding hydrogens is 328 g/mol. The fourth-order valence-electron chi connectivity index (χ4n) is 3.21. The van der Waals surface area contributed by atoms with E-state index in [1.807, 2.05) is 17.9 Å². The van der Waals surface area contributed by atoms with E-state index in [1.165, 1.54) is 5.56 Å². The van der Waals surface area contributed by atoms with Crippen molar-refractivity contribution in [2.75, 3.05) is 39.9 Å². The van der Waals surface area contributed by atoms with E-state index >= 15 is 0 Å². The molecule has 1 heterocycles. The minimum Gasteiger partial charge on any atom is -0.493 e. The zero-order valence-corrected chi connectivity index (χ0v) is 15.5. The molecule has 5 heteroatoms. The first kappa shape index (κ1) is 18.3. The summed E-state index contributed by atoms with van der Waals surface area (Å²) >= 11 is 0. The van der Waals surface area contributed by atoms with Crippen molar-refractivity contribution >= 4 is 5.91 Å². The molecule has 26 heavy (non-hydrogen) atoms. The molecule has 5 nitrogen and oxygen atoms in total. The molecule has 2 aromatic rings. The molecule has 0 aliphatic carbocycles. The molecule has 0 aromatic heterocycles. The Morgan fingerprint density at radius 1 is 1.00 bits per heavy atom. The van der Waals surface area contributed by atoms with Gasteiger partial charge in [0.1, 0.15) is 0 Å². The first-order chi connectivity index (χ1) is 12.7. The Hall–Kier alpha value is -2.53. The fourth-order valence-corrected chi connectivity index (χ4v) is 3.21. The van der Waals surface area contributed by atoms with Crippen molar-refractivity contribution in [1.82, 2.24) is 9.80 Å². The molecule has 1 aliphatic heterocycles. The summed E-state index contributed by atoms with van der Waals surface area (Å²) in [7, 11) is 1.60. The Bertz CT molecular complexity index is 725. The highest BCUT2D eigenvalue weighted by atomic mass is 16.5. The maximum absolute atomic E-state index is 12.8. The largest absolute Gasteiger partial charge is 0.493 e. The summed E-state index contributed by atoms with van der Waals surface area (Å²) in [5.41, 5.74) is 1.95. The van der Waals surface area contributed by atoms with Crippen LogP contribution in [0.25, 0.3) is 0 Å². The monoisotopic (exact) mass is 354 g/mol. The number of amides is 1. The molecule has 1 amide bonds. The van der Waals surface area contributed by atoms with Crippen LogP contribution in [-0.2, 0) is 6.54 Å². The van der Waals surface area contributed by atoms with Crippen LogP contribution in [0.4, 0.5) is 0 Å². The molecule has 0 N–H and O–H groups in total. The van der Waals surface area contributed by atoms with Gasteiger partial charge in [0, 0.05) is 38.3 Å². The van der Waals surface area contributed by atoms with Crippen LogP contribution in [0.15, 0.2) is 48.5 Å². The van der Waals surface area contributed by atoms with Gasteiger partial charge >= 0.3 is 0 Å². The van der Waals surface area contributed by atoms with Gasteiger partial charge in [0.25, 0.3) is 5.91 Å². The first-order valence-corrected chi connectivity index (χ1v) is 9.07. The van der Waals surface area contributed by atoms with E-state index in [1.54, 1.807) is 25.3 Å². The number of piperazine rings is 1. The summed E-state index contributed by atoms with van der Waals surface area (Å²) in [5.74, 6) is 1.31. The molecule has 1 fully saturated rings. The zero-order chi connectivity index (χ0) is 18.4. The predicted molar refractivity (Wildman–Crippen MR) is 102 cm³/mol. The van der Waals surface area contributed by atoms with Crippen LogP contribution in [0.1, 0.15) is 22.8 Å². The lowest BCUT2D eigenvalue weighted by molar-refractivity contribution is 0.0628. The van der Waals surface area contributed by atoms with Gasteiger partial charge in [0.15, 0.2) is 11.5 Å². The van der Waals surface area contributed by atoms with E-state index in [-0.39, 0.29) is 5.91 Å². The third kappa shape index (κ3) is 4.35. The molecule has 138 valence electrons. The highest BCUT2D eigenvalue weighted by Gasteiger charge is 2.23. The summed E-state index contributed by atoms with van der Waals surface area (Å²) in [4.78, 5) is 17.1. The van der Waals surface area contributed by atoms with E-state index in [0.717, 1.165) is 32.7 Å². The van der Waals surface area contributed by atoms with Crippen LogP contribution < -0.4 is 9.47 Å². The average Bonchev–Trinajstić information content (AvgIpc) is 2.69. The standard InChI is InChI=1S/C21H26N2O3/c1-3-26-20-15-18(9-10-19(20)25-2)21(24)23-13-11-22(12-14-23)16-17-7-5-4-6-8-17/h4-10,15H,3,11-14,16H2,1-2H3. The van der Waals surface area contributed by atoms with Crippen molar-refractivity contribution in [3.05, 3.63) is 59.7 Å². The second kappa shape index (κ2) is 8.72. The fraction of sp³-hybridized carbons (Fsp3) is 0.381. The molecule has 0 bridgehead atoms. The molecule has 3 rings (SSSR count). The summed E-state index contributed by atoms with van der Waals surface area (Å²) in [6, 6.07) is 15.8. The Kier molecular flexibility index (Phi) is 6.12. The molecule has 0 radical (unpaired) electrons. The van der Waals surface area contributed by atoms with Gasteiger partial charge in [-0.05, 0) is 30.7 Å². The SMILES string of the molecule is CCOc1cc(C(=O)N2CCN(Cc3ccccc3)CC2)ccc1OC. The van der Waals surface area contributed by atoms with Crippen molar-refractivity contribution in [1.29, 1.82) is 0 Å². The van der Waals surface area contributed by atoms with Crippen LogP contribution in [-0.4, -0.2) is 55.6 Å². The summed E-state index contributed by atoms with van der Waals surface area (Å²) in [6.45, 7) is 6.62. The quantitative estimate of drug-likeness (QED) is 0.800. The Morgan fingerprint density at radius 2 is 1.73 bits per heavy atom. The maximum atomic E-state index is 12.8. The van der Waals surface area contributed by atoms with Gasteiger partial charge in [-0.2, -0.15) is 0 Å². The van der Waals surface area contributed by atoms with Crippen molar-refractivity contribution in [2.45, 2.75) is 13.5 Å². The van der Waals surface area contributed by atoms with Gasteiger partial charge in [-0.1, -0.05) is 30.3 Å². The molecule has 1 aliphatic rings. The molecular formula is C21H26N2O3. The van der Waals surface area contributed by atoms with E-state index in [4.69, 9.17) is 9.47 Å². The molecule has 2 aromatic carbocycles. The van der Waals surface area contributed by atoms with Crippen LogP contribution in [0.3, 0.4) is 0 Å². The maximum Gasteiger partial charge on any atom is 0.254 e. The van der Waals surface area contributed by atoms with Crippen molar-refractivity contribution in [3.63, 3.8) is 0 Å². The van der Waals surface area contributed by atoms with Gasteiger partial charge in [0.2, 0.25) is 0 Å². The third-order valence-corrected chi connectivity index (χ3v) is 4.62. The Balaban J connectivity index is 1.60. The molecule has 0 atom stereocenters. The van der Waals surface area contributed by atoms with Crippen molar-refractivity contribution in [3.8, 4) is 11.5 Å². The van der Waals surface area contributed by atoms with Gasteiger partial charge in [-0.3, -0.25) is 9.69 Å². The number of hydrogen-bond acceptors (Lipinski definition) is 4. The summed E-state index contributed by atoms with van der Waals surface area (Å²) in [6.07, 6.45) is 0. The van der Waals surface area contributed by atoms with E-state index in [2.05, 4.69) is 29.2 Å². The van der Waals surface area contributed by atoms with E-state index < -0.39 is 0 Å². The topological polar surface area (TPSA) is 42.0 Å². The van der Waals surface area contributed by atoms with Crippen LogP contribution in [0, 0.1) is 0 Å². The average molecular weight is 354 g/mol. The molecule has 0 spiro atoms. The number of nitrogens with zero attached hydrogens (tertiary/aromatic N) is 2. The van der Waals surface area contributed by atoms with Gasteiger partial charge < -0.3 is 14.4 Å². The summed E-state index contributed by atoms with van der Waals surface area (Å²) in [5, 5.41) is 0. The Labute approximate surface area is 155 Å². The number of methoxy groups -OCH3 is 1.